The molecule has 0 aromatic heterocycles. The molecule has 0 spiro atoms. The molecule has 0 aliphatic rings. The summed E-state index contributed by atoms with van der Waals surface area (Å²) in [5.41, 5.74) is 3.11. The van der Waals surface area contributed by atoms with E-state index in [1.54, 1.807) is 0 Å². The second kappa shape index (κ2) is 12.6. The predicted molar refractivity (Wildman–Crippen MR) is 126 cm³/mol. The predicted octanol–water partition coefficient (Wildman–Crippen LogP) is 6.08. The molecular formula is C25H27LiO3P. The fourth-order valence-corrected chi connectivity index (χ4v) is 4.06. The summed E-state index contributed by atoms with van der Waals surface area (Å²) in [7, 11) is 0.242. The van der Waals surface area contributed by atoms with Crippen molar-refractivity contribution >= 4 is 33.0 Å². The van der Waals surface area contributed by atoms with Crippen molar-refractivity contribution in [3.8, 4) is 11.5 Å². The van der Waals surface area contributed by atoms with Gasteiger partial charge in [-0.25, -0.2) is 0 Å². The number of carbonyl (C=O) groups is 1. The molecule has 0 saturated heterocycles. The molecule has 2 unspecified atom stereocenters. The van der Waals surface area contributed by atoms with Gasteiger partial charge in [0, 0.05) is 35.6 Å². The Balaban J connectivity index is 0.00000320. The van der Waals surface area contributed by atoms with Crippen LogP contribution in [-0.4, -0.2) is 30.0 Å². The molecule has 0 aliphatic carbocycles. The average Bonchev–Trinajstić information content (AvgIpc) is 2.77. The van der Waals surface area contributed by atoms with E-state index in [-0.39, 0.29) is 33.0 Å². The number of para-hydroxylation sites is 2. The third-order valence-electron chi connectivity index (χ3n) is 4.73. The number of hydrogen-bond acceptors (Lipinski definition) is 3. The normalized spacial score (nSPS) is 11.7. The van der Waals surface area contributed by atoms with E-state index in [1.807, 2.05) is 78.9 Å². The average molecular weight is 413 g/mol. The first-order valence-corrected chi connectivity index (χ1v) is 11.0. The molecule has 3 nitrogen and oxygen atoms in total. The largest absolute Gasteiger partial charge is 0.489 e. The van der Waals surface area contributed by atoms with E-state index in [2.05, 4.69) is 13.8 Å². The van der Waals surface area contributed by atoms with E-state index in [0.29, 0.717) is 18.9 Å². The van der Waals surface area contributed by atoms with Crippen LogP contribution in [0, 0.1) is 0 Å². The summed E-state index contributed by atoms with van der Waals surface area (Å²) in [5.74, 6) is 1.59. The summed E-state index contributed by atoms with van der Waals surface area (Å²) in [6, 6.07) is 25.3. The van der Waals surface area contributed by atoms with Gasteiger partial charge in [0.15, 0.2) is 5.52 Å². The fourth-order valence-electron chi connectivity index (χ4n) is 2.94. The van der Waals surface area contributed by atoms with Gasteiger partial charge in [0.05, 0.1) is 0 Å². The standard InChI is InChI=1S/C25H27O3P.Li/c1-3-19(2)29-25(26)24-20(17-27-22-13-6-4-7-14-22)11-10-12-21(24)18-28-23-15-8-5-9-16-23;/h4-16,19,29H,3,17-18H2,1-2H3;. The molecule has 1 radical (unpaired) electrons. The van der Waals surface area contributed by atoms with Gasteiger partial charge in [0.25, 0.3) is 0 Å². The van der Waals surface area contributed by atoms with Gasteiger partial charge in [-0.2, -0.15) is 0 Å². The summed E-state index contributed by atoms with van der Waals surface area (Å²) in [4.78, 5) is 13.2. The number of hydrogen-bond donors (Lipinski definition) is 0. The molecule has 0 amide bonds. The van der Waals surface area contributed by atoms with Gasteiger partial charge in [-0.15, -0.1) is 0 Å². The molecule has 151 valence electrons. The van der Waals surface area contributed by atoms with E-state index in [0.717, 1.165) is 34.6 Å². The van der Waals surface area contributed by atoms with Crippen LogP contribution in [0.3, 0.4) is 0 Å². The summed E-state index contributed by atoms with van der Waals surface area (Å²) >= 11 is 0. The molecule has 3 aromatic carbocycles. The minimum Gasteiger partial charge on any atom is -0.489 e. The molecule has 0 N–H and O–H groups in total. The van der Waals surface area contributed by atoms with E-state index in [1.165, 1.54) is 0 Å². The van der Waals surface area contributed by atoms with Gasteiger partial charge in [-0.3, -0.25) is 4.79 Å². The van der Waals surface area contributed by atoms with E-state index >= 15 is 0 Å². The van der Waals surface area contributed by atoms with Crippen molar-refractivity contribution in [2.24, 2.45) is 0 Å². The maximum Gasteiger partial charge on any atom is 0.182 e. The van der Waals surface area contributed by atoms with Gasteiger partial charge in [-0.05, 0) is 44.9 Å². The van der Waals surface area contributed by atoms with Crippen molar-refractivity contribution in [1.82, 2.24) is 0 Å². The molecule has 3 aromatic rings. The van der Waals surface area contributed by atoms with Gasteiger partial charge in [0.1, 0.15) is 24.7 Å². The minimum absolute atomic E-state index is 0. The van der Waals surface area contributed by atoms with Crippen molar-refractivity contribution < 1.29 is 14.3 Å². The third-order valence-corrected chi connectivity index (χ3v) is 6.14. The van der Waals surface area contributed by atoms with Crippen LogP contribution < -0.4 is 9.47 Å². The number of benzene rings is 3. The molecular weight excluding hydrogens is 386 g/mol. The summed E-state index contributed by atoms with van der Waals surface area (Å²) in [6.07, 6.45) is 0.989. The number of ether oxygens (including phenoxy) is 2. The zero-order valence-corrected chi connectivity index (χ0v) is 18.9. The Kier molecular flexibility index (Phi) is 10.2. The first-order valence-electron chi connectivity index (χ1n) is 9.94. The monoisotopic (exact) mass is 413 g/mol. The molecule has 0 fully saturated rings. The van der Waals surface area contributed by atoms with E-state index in [9.17, 15) is 4.79 Å². The van der Waals surface area contributed by atoms with E-state index in [4.69, 9.17) is 9.47 Å². The molecule has 5 heteroatoms. The van der Waals surface area contributed by atoms with Crippen LogP contribution in [0.15, 0.2) is 78.9 Å². The van der Waals surface area contributed by atoms with Crippen molar-refractivity contribution in [3.05, 3.63) is 95.6 Å². The van der Waals surface area contributed by atoms with E-state index < -0.39 is 0 Å². The zero-order valence-electron chi connectivity index (χ0n) is 17.9. The second-order valence-electron chi connectivity index (χ2n) is 6.94. The van der Waals surface area contributed by atoms with Crippen LogP contribution in [0.2, 0.25) is 0 Å². The van der Waals surface area contributed by atoms with Crippen LogP contribution in [-0.2, 0) is 13.2 Å². The Morgan fingerprint density at radius 2 is 1.27 bits per heavy atom. The van der Waals surface area contributed by atoms with Crippen molar-refractivity contribution in [2.75, 3.05) is 0 Å². The number of rotatable bonds is 10. The molecule has 2 atom stereocenters. The Bertz CT molecular complexity index is 854. The fraction of sp³-hybridized carbons (Fsp3) is 0.240. The van der Waals surface area contributed by atoms with Crippen LogP contribution in [0.5, 0.6) is 11.5 Å². The molecule has 0 aliphatic heterocycles. The van der Waals surface area contributed by atoms with Gasteiger partial charge in [-0.1, -0.05) is 68.4 Å². The summed E-state index contributed by atoms with van der Waals surface area (Å²) < 4.78 is 11.9. The second-order valence-corrected chi connectivity index (χ2v) is 8.67. The third kappa shape index (κ3) is 7.03. The maximum atomic E-state index is 13.2. The van der Waals surface area contributed by atoms with Crippen molar-refractivity contribution in [1.29, 1.82) is 0 Å². The minimum atomic E-state index is 0. The Hall–Kier alpha value is -2.04. The van der Waals surface area contributed by atoms with Crippen LogP contribution >= 0.6 is 8.58 Å². The summed E-state index contributed by atoms with van der Waals surface area (Å²) in [6.45, 7) is 4.96. The SMILES string of the molecule is CCC(C)PC(=O)c1c(COc2ccccc2)cccc1COc1ccccc1.[Li]. The molecule has 0 saturated carbocycles. The summed E-state index contributed by atoms with van der Waals surface area (Å²) in [5, 5.41) is 0. The molecule has 0 heterocycles. The Labute approximate surface area is 193 Å². The molecule has 30 heavy (non-hydrogen) atoms. The van der Waals surface area contributed by atoms with Gasteiger partial charge < -0.3 is 9.47 Å². The van der Waals surface area contributed by atoms with Crippen molar-refractivity contribution in [2.45, 2.75) is 39.1 Å². The first kappa shape index (κ1) is 24.2. The van der Waals surface area contributed by atoms with Gasteiger partial charge >= 0.3 is 0 Å². The molecule has 3 rings (SSSR count). The van der Waals surface area contributed by atoms with Crippen LogP contribution in [0.25, 0.3) is 0 Å². The van der Waals surface area contributed by atoms with Crippen LogP contribution in [0.4, 0.5) is 0 Å². The topological polar surface area (TPSA) is 35.5 Å². The van der Waals surface area contributed by atoms with Crippen LogP contribution in [0.1, 0.15) is 41.8 Å². The first-order chi connectivity index (χ1) is 14.2. The van der Waals surface area contributed by atoms with Crippen molar-refractivity contribution in [3.63, 3.8) is 0 Å². The quantitative estimate of drug-likeness (QED) is 0.298. The maximum absolute atomic E-state index is 13.2. The Morgan fingerprint density at radius 3 is 1.70 bits per heavy atom. The zero-order chi connectivity index (χ0) is 20.5. The Morgan fingerprint density at radius 1 is 0.800 bits per heavy atom. The number of carbonyl (C=O) groups excluding carboxylic acids is 1. The smallest absolute Gasteiger partial charge is 0.182 e. The van der Waals surface area contributed by atoms with Gasteiger partial charge in [0.2, 0.25) is 0 Å². The molecule has 0 bridgehead atoms.